The highest BCUT2D eigenvalue weighted by molar-refractivity contribution is 4.99. The molecule has 4 heteroatoms. The molecule has 0 rings (SSSR count). The fraction of sp³-hybridized carbons (Fsp3) is 0.889. The van der Waals surface area contributed by atoms with Crippen molar-refractivity contribution < 1.29 is 10.2 Å². The highest BCUT2D eigenvalue weighted by atomic mass is 16.3. The average Bonchev–Trinajstić information content (AvgIpc) is 2.54. The topological polar surface area (TPSA) is 92.5 Å². The van der Waals surface area contributed by atoms with Crippen LogP contribution >= 0.6 is 0 Å². The number of aliphatic hydroxyl groups excluding tert-OH is 2. The predicted octanol–water partition coefficient (Wildman–Crippen LogP) is 2.86. The van der Waals surface area contributed by atoms with Crippen molar-refractivity contribution in [3.63, 3.8) is 0 Å². The van der Waals surface area contributed by atoms with Gasteiger partial charge in [0.05, 0.1) is 18.8 Å². The highest BCUT2D eigenvalue weighted by Crippen LogP contribution is 2.11. The van der Waals surface area contributed by atoms with Crippen molar-refractivity contribution in [2.24, 2.45) is 11.5 Å². The van der Waals surface area contributed by atoms with E-state index in [0.717, 1.165) is 6.42 Å². The Morgan fingerprint density at radius 2 is 1.36 bits per heavy atom. The van der Waals surface area contributed by atoms with Crippen LogP contribution < -0.4 is 11.5 Å². The van der Waals surface area contributed by atoms with E-state index < -0.39 is 18.2 Å². The molecule has 0 spiro atoms. The van der Waals surface area contributed by atoms with Gasteiger partial charge in [-0.15, -0.1) is 0 Å². The quantitative estimate of drug-likeness (QED) is 0.276. The van der Waals surface area contributed by atoms with Gasteiger partial charge < -0.3 is 21.7 Å². The van der Waals surface area contributed by atoms with Gasteiger partial charge in [0.25, 0.3) is 0 Å². The van der Waals surface area contributed by atoms with Gasteiger partial charge in [0.15, 0.2) is 0 Å². The van der Waals surface area contributed by atoms with E-state index >= 15 is 0 Å². The Kier molecular flexibility index (Phi) is 15.2. The minimum Gasteiger partial charge on any atom is -0.394 e. The third-order valence-electron chi connectivity index (χ3n) is 4.16. The lowest BCUT2D eigenvalue weighted by atomic mass is 10.0. The monoisotopic (exact) mass is 314 g/mol. The number of unbranched alkanes of at least 4 members (excludes halogenated alkanes) is 10. The van der Waals surface area contributed by atoms with Gasteiger partial charge in [-0.2, -0.15) is 0 Å². The molecule has 0 aliphatic rings. The van der Waals surface area contributed by atoms with Crippen LogP contribution in [-0.2, 0) is 0 Å². The van der Waals surface area contributed by atoms with Crippen molar-refractivity contribution in [1.82, 2.24) is 0 Å². The van der Waals surface area contributed by atoms with Crippen LogP contribution in [0.25, 0.3) is 0 Å². The first-order chi connectivity index (χ1) is 10.6. The van der Waals surface area contributed by atoms with Gasteiger partial charge in [-0.1, -0.05) is 76.9 Å². The molecule has 3 unspecified atom stereocenters. The molecule has 0 fully saturated rings. The molecular weight excluding hydrogens is 276 g/mol. The first-order valence-corrected chi connectivity index (χ1v) is 9.10. The second-order valence-corrected chi connectivity index (χ2v) is 6.30. The lowest BCUT2D eigenvalue weighted by molar-refractivity contribution is 0.0709. The van der Waals surface area contributed by atoms with E-state index in [1.54, 1.807) is 0 Å². The molecule has 22 heavy (non-hydrogen) atoms. The first kappa shape index (κ1) is 21.6. The molecule has 0 aliphatic carbocycles. The number of nitrogens with two attached hydrogens (primary N) is 2. The molecule has 0 aromatic rings. The molecule has 4 nitrogen and oxygen atoms in total. The third-order valence-corrected chi connectivity index (χ3v) is 4.16. The molecule has 0 aromatic heterocycles. The van der Waals surface area contributed by atoms with Gasteiger partial charge in [-0.3, -0.25) is 0 Å². The Balaban J connectivity index is 3.40. The maximum absolute atomic E-state index is 9.40. The number of hydrogen-bond donors (Lipinski definition) is 4. The summed E-state index contributed by atoms with van der Waals surface area (Å²) in [6.07, 6.45) is 17.3. The minimum atomic E-state index is -0.947. The van der Waals surface area contributed by atoms with Gasteiger partial charge >= 0.3 is 0 Å². The summed E-state index contributed by atoms with van der Waals surface area (Å²) < 4.78 is 0. The van der Waals surface area contributed by atoms with Crippen LogP contribution in [0.2, 0.25) is 0 Å². The van der Waals surface area contributed by atoms with Crippen LogP contribution in [0.5, 0.6) is 0 Å². The third kappa shape index (κ3) is 12.2. The maximum atomic E-state index is 9.40. The Morgan fingerprint density at radius 3 is 1.86 bits per heavy atom. The van der Waals surface area contributed by atoms with Crippen LogP contribution in [0.3, 0.4) is 0 Å². The lowest BCUT2D eigenvalue weighted by Gasteiger charge is -2.20. The second-order valence-electron chi connectivity index (χ2n) is 6.30. The van der Waals surface area contributed by atoms with E-state index in [1.165, 1.54) is 64.2 Å². The summed E-state index contributed by atoms with van der Waals surface area (Å²) in [5, 5.41) is 18.2. The van der Waals surface area contributed by atoms with E-state index in [9.17, 15) is 5.11 Å². The molecular formula is C18H38N2O2. The smallest absolute Gasteiger partial charge is 0.0939 e. The molecule has 0 amide bonds. The summed E-state index contributed by atoms with van der Waals surface area (Å²) in [5.74, 6) is 0. The molecule has 0 aliphatic heterocycles. The molecule has 132 valence electrons. The maximum Gasteiger partial charge on any atom is 0.0939 e. The molecule has 0 saturated heterocycles. The summed E-state index contributed by atoms with van der Waals surface area (Å²) in [5.41, 5.74) is 11.6. The fourth-order valence-corrected chi connectivity index (χ4v) is 2.51. The normalized spacial score (nSPS) is 16.0. The van der Waals surface area contributed by atoms with Crippen LogP contribution in [0.15, 0.2) is 12.2 Å². The molecule has 6 N–H and O–H groups in total. The Bertz CT molecular complexity index is 259. The number of aliphatic hydroxyl groups is 2. The van der Waals surface area contributed by atoms with Crippen molar-refractivity contribution in [2.45, 2.75) is 95.7 Å². The van der Waals surface area contributed by atoms with Crippen molar-refractivity contribution in [2.75, 3.05) is 6.61 Å². The Morgan fingerprint density at radius 1 is 0.864 bits per heavy atom. The second kappa shape index (κ2) is 15.5. The number of allylic oxidation sites excluding steroid dienone is 1. The zero-order chi connectivity index (χ0) is 16.6. The molecule has 0 aromatic carbocycles. The van der Waals surface area contributed by atoms with Crippen molar-refractivity contribution in [1.29, 1.82) is 0 Å². The highest BCUT2D eigenvalue weighted by Gasteiger charge is 2.18. The summed E-state index contributed by atoms with van der Waals surface area (Å²) >= 11 is 0. The first-order valence-electron chi connectivity index (χ1n) is 9.10. The van der Waals surface area contributed by atoms with Crippen LogP contribution in [-0.4, -0.2) is 35.0 Å². The Hall–Kier alpha value is -0.420. The zero-order valence-corrected chi connectivity index (χ0v) is 14.4. The SMILES string of the molecule is CCCCCCCCCCCCC=CC(N)C(N)C(O)CO. The molecule has 0 bridgehead atoms. The lowest BCUT2D eigenvalue weighted by Crippen LogP contribution is -2.49. The standard InChI is InChI=1S/C18H38N2O2/c1-2-3-4-5-6-7-8-9-10-11-12-13-14-16(19)18(20)17(22)15-21/h13-14,16-18,21-22H,2-12,15,19-20H2,1H3. The zero-order valence-electron chi connectivity index (χ0n) is 14.4. The molecule has 3 atom stereocenters. The minimum absolute atomic E-state index is 0.346. The largest absolute Gasteiger partial charge is 0.394 e. The van der Waals surface area contributed by atoms with Crippen molar-refractivity contribution in [3.05, 3.63) is 12.2 Å². The van der Waals surface area contributed by atoms with E-state index in [1.807, 2.05) is 12.2 Å². The van der Waals surface area contributed by atoms with Crippen molar-refractivity contribution >= 4 is 0 Å². The van der Waals surface area contributed by atoms with E-state index in [2.05, 4.69) is 6.92 Å². The van der Waals surface area contributed by atoms with Crippen LogP contribution in [0.4, 0.5) is 0 Å². The molecule has 0 heterocycles. The Labute approximate surface area is 137 Å². The number of hydrogen-bond acceptors (Lipinski definition) is 4. The predicted molar refractivity (Wildman–Crippen MR) is 94.6 cm³/mol. The summed E-state index contributed by atoms with van der Waals surface area (Å²) in [6, 6.07) is -1.00. The van der Waals surface area contributed by atoms with E-state index in [0.29, 0.717) is 0 Å². The summed E-state index contributed by atoms with van der Waals surface area (Å²) in [7, 11) is 0. The summed E-state index contributed by atoms with van der Waals surface area (Å²) in [4.78, 5) is 0. The van der Waals surface area contributed by atoms with E-state index in [-0.39, 0.29) is 6.61 Å². The van der Waals surface area contributed by atoms with Gasteiger partial charge in [0.2, 0.25) is 0 Å². The molecule has 0 saturated carbocycles. The average molecular weight is 315 g/mol. The van der Waals surface area contributed by atoms with Gasteiger partial charge in [-0.05, 0) is 12.8 Å². The van der Waals surface area contributed by atoms with Crippen LogP contribution in [0.1, 0.15) is 77.6 Å². The van der Waals surface area contributed by atoms with Crippen LogP contribution in [0, 0.1) is 0 Å². The van der Waals surface area contributed by atoms with Gasteiger partial charge in [0, 0.05) is 6.04 Å². The van der Waals surface area contributed by atoms with Gasteiger partial charge in [-0.25, -0.2) is 0 Å². The number of rotatable bonds is 15. The summed E-state index contributed by atoms with van der Waals surface area (Å²) in [6.45, 7) is 1.91. The van der Waals surface area contributed by atoms with Gasteiger partial charge in [0.1, 0.15) is 0 Å². The van der Waals surface area contributed by atoms with Crippen molar-refractivity contribution in [3.8, 4) is 0 Å². The molecule has 0 radical (unpaired) electrons. The van der Waals surface area contributed by atoms with E-state index in [4.69, 9.17) is 16.6 Å². The fourth-order valence-electron chi connectivity index (χ4n) is 2.51.